The van der Waals surface area contributed by atoms with Crippen LogP contribution in [0.15, 0.2) is 36.4 Å². The highest BCUT2D eigenvalue weighted by atomic mass is 16.2. The number of rotatable bonds is 5. The van der Waals surface area contributed by atoms with E-state index < -0.39 is 0 Å². The van der Waals surface area contributed by atoms with Crippen LogP contribution in [0.25, 0.3) is 6.08 Å². The van der Waals surface area contributed by atoms with Crippen molar-refractivity contribution in [3.63, 3.8) is 0 Å². The highest BCUT2D eigenvalue weighted by Crippen LogP contribution is 2.28. The summed E-state index contributed by atoms with van der Waals surface area (Å²) in [6, 6.07) is 10.4. The number of benzene rings is 1. The second-order valence-corrected chi connectivity index (χ2v) is 6.40. The summed E-state index contributed by atoms with van der Waals surface area (Å²) in [7, 11) is 0. The van der Waals surface area contributed by atoms with Gasteiger partial charge in [-0.2, -0.15) is 0 Å². The van der Waals surface area contributed by atoms with E-state index in [1.54, 1.807) is 0 Å². The number of carbonyl (C=O) groups is 1. The number of hydrogen-bond donors (Lipinski definition) is 0. The van der Waals surface area contributed by atoms with Gasteiger partial charge in [0.15, 0.2) is 0 Å². The third-order valence-corrected chi connectivity index (χ3v) is 4.86. The van der Waals surface area contributed by atoms with Crippen molar-refractivity contribution in [2.24, 2.45) is 5.92 Å². The molecule has 22 heavy (non-hydrogen) atoms. The van der Waals surface area contributed by atoms with Gasteiger partial charge in [0.25, 0.3) is 0 Å². The molecular formula is C19H26N2O. The molecule has 118 valence electrons. The lowest BCUT2D eigenvalue weighted by molar-refractivity contribution is -0.139. The van der Waals surface area contributed by atoms with Crippen LogP contribution in [0.4, 0.5) is 0 Å². The third-order valence-electron chi connectivity index (χ3n) is 4.86. The Morgan fingerprint density at radius 2 is 1.82 bits per heavy atom. The number of piperazine rings is 1. The Morgan fingerprint density at radius 1 is 1.09 bits per heavy atom. The average molecular weight is 298 g/mol. The van der Waals surface area contributed by atoms with Crippen LogP contribution in [-0.4, -0.2) is 48.4 Å². The number of amides is 1. The molecule has 3 heteroatoms. The Hall–Kier alpha value is -1.61. The standard InChI is InChI=1S/C19H26N2O/c22-19(18-10-6-11-18)21-15-13-20(14-16-21)12-5-4-9-17-7-2-1-3-8-17/h1-4,7-9,18H,5-6,10-16H2/b9-4+. The molecule has 3 rings (SSSR count). The van der Waals surface area contributed by atoms with Crippen LogP contribution >= 0.6 is 0 Å². The molecule has 0 spiro atoms. The zero-order valence-corrected chi connectivity index (χ0v) is 13.3. The van der Waals surface area contributed by atoms with Gasteiger partial charge in [-0.25, -0.2) is 0 Å². The second-order valence-electron chi connectivity index (χ2n) is 6.40. The molecule has 0 radical (unpaired) electrons. The first-order valence-corrected chi connectivity index (χ1v) is 8.55. The van der Waals surface area contributed by atoms with E-state index in [2.05, 4.69) is 46.2 Å². The lowest BCUT2D eigenvalue weighted by atomic mass is 9.84. The van der Waals surface area contributed by atoms with E-state index in [0.717, 1.165) is 52.0 Å². The molecule has 0 atom stereocenters. The SMILES string of the molecule is O=C(C1CCC1)N1CCN(CC/C=C/c2ccccc2)CC1. The molecule has 1 saturated heterocycles. The van der Waals surface area contributed by atoms with E-state index in [0.29, 0.717) is 11.8 Å². The zero-order chi connectivity index (χ0) is 15.2. The van der Waals surface area contributed by atoms with Crippen LogP contribution in [0.2, 0.25) is 0 Å². The van der Waals surface area contributed by atoms with Gasteiger partial charge in [-0.1, -0.05) is 48.9 Å². The molecule has 1 amide bonds. The van der Waals surface area contributed by atoms with Crippen molar-refractivity contribution in [3.8, 4) is 0 Å². The molecule has 1 aromatic carbocycles. The predicted octanol–water partition coefficient (Wildman–Crippen LogP) is 3.03. The minimum Gasteiger partial charge on any atom is -0.340 e. The van der Waals surface area contributed by atoms with Gasteiger partial charge in [0.05, 0.1) is 0 Å². The molecule has 1 saturated carbocycles. The van der Waals surface area contributed by atoms with E-state index >= 15 is 0 Å². The van der Waals surface area contributed by atoms with E-state index in [1.165, 1.54) is 12.0 Å². The fourth-order valence-corrected chi connectivity index (χ4v) is 3.15. The molecule has 0 aromatic heterocycles. The number of carbonyl (C=O) groups excluding carboxylic acids is 1. The van der Waals surface area contributed by atoms with E-state index in [4.69, 9.17) is 0 Å². The maximum absolute atomic E-state index is 12.2. The molecular weight excluding hydrogens is 272 g/mol. The third kappa shape index (κ3) is 3.98. The van der Waals surface area contributed by atoms with Crippen molar-refractivity contribution in [2.45, 2.75) is 25.7 Å². The highest BCUT2D eigenvalue weighted by molar-refractivity contribution is 5.79. The fourth-order valence-electron chi connectivity index (χ4n) is 3.15. The molecule has 2 aliphatic rings. The molecule has 1 aliphatic heterocycles. The van der Waals surface area contributed by atoms with Gasteiger partial charge in [-0.05, 0) is 24.8 Å². The fraction of sp³-hybridized carbons (Fsp3) is 0.526. The minimum atomic E-state index is 0.348. The lowest BCUT2D eigenvalue weighted by Crippen LogP contribution is -2.51. The molecule has 1 aromatic rings. The maximum atomic E-state index is 12.2. The van der Waals surface area contributed by atoms with Crippen LogP contribution in [0.5, 0.6) is 0 Å². The van der Waals surface area contributed by atoms with Crippen LogP contribution in [-0.2, 0) is 4.79 Å². The van der Waals surface area contributed by atoms with Crippen LogP contribution in [0.3, 0.4) is 0 Å². The Morgan fingerprint density at radius 3 is 2.45 bits per heavy atom. The van der Waals surface area contributed by atoms with Crippen molar-refractivity contribution in [1.29, 1.82) is 0 Å². The summed E-state index contributed by atoms with van der Waals surface area (Å²) in [5, 5.41) is 0. The first-order valence-electron chi connectivity index (χ1n) is 8.55. The van der Waals surface area contributed by atoms with Gasteiger partial charge in [-0.15, -0.1) is 0 Å². The van der Waals surface area contributed by atoms with Gasteiger partial charge in [-0.3, -0.25) is 9.69 Å². The summed E-state index contributed by atoms with van der Waals surface area (Å²) < 4.78 is 0. The van der Waals surface area contributed by atoms with E-state index in [1.807, 2.05) is 6.07 Å². The summed E-state index contributed by atoms with van der Waals surface area (Å²) in [4.78, 5) is 16.8. The smallest absolute Gasteiger partial charge is 0.225 e. The van der Waals surface area contributed by atoms with E-state index in [-0.39, 0.29) is 0 Å². The number of hydrogen-bond acceptors (Lipinski definition) is 2. The average Bonchev–Trinajstić information content (AvgIpc) is 2.51. The summed E-state index contributed by atoms with van der Waals surface area (Å²) in [6.07, 6.45) is 8.99. The monoisotopic (exact) mass is 298 g/mol. The Kier molecular flexibility index (Phi) is 5.28. The van der Waals surface area contributed by atoms with Gasteiger partial charge < -0.3 is 4.90 Å². The first-order chi connectivity index (χ1) is 10.8. The van der Waals surface area contributed by atoms with Crippen molar-refractivity contribution in [2.75, 3.05) is 32.7 Å². The molecule has 0 unspecified atom stereocenters. The Balaban J connectivity index is 1.35. The second kappa shape index (κ2) is 7.59. The molecule has 0 N–H and O–H groups in total. The van der Waals surface area contributed by atoms with Crippen molar-refractivity contribution >= 4 is 12.0 Å². The summed E-state index contributed by atoms with van der Waals surface area (Å²) >= 11 is 0. The summed E-state index contributed by atoms with van der Waals surface area (Å²) in [5.41, 5.74) is 1.26. The van der Waals surface area contributed by atoms with Crippen LogP contribution < -0.4 is 0 Å². The van der Waals surface area contributed by atoms with Crippen molar-refractivity contribution in [3.05, 3.63) is 42.0 Å². The Labute approximate surface area is 133 Å². The summed E-state index contributed by atoms with van der Waals surface area (Å²) in [6.45, 7) is 4.97. The van der Waals surface area contributed by atoms with Crippen molar-refractivity contribution in [1.82, 2.24) is 9.80 Å². The predicted molar refractivity (Wildman–Crippen MR) is 90.5 cm³/mol. The largest absolute Gasteiger partial charge is 0.340 e. The highest BCUT2D eigenvalue weighted by Gasteiger charge is 2.30. The Bertz CT molecular complexity index is 499. The van der Waals surface area contributed by atoms with Crippen molar-refractivity contribution < 1.29 is 4.79 Å². The molecule has 0 bridgehead atoms. The molecule has 3 nitrogen and oxygen atoms in total. The van der Waals surface area contributed by atoms with Crippen LogP contribution in [0.1, 0.15) is 31.2 Å². The van der Waals surface area contributed by atoms with Crippen LogP contribution in [0, 0.1) is 5.92 Å². The topological polar surface area (TPSA) is 23.6 Å². The minimum absolute atomic E-state index is 0.348. The lowest BCUT2D eigenvalue weighted by Gasteiger charge is -2.38. The molecule has 1 aliphatic carbocycles. The first kappa shape index (κ1) is 15.3. The van der Waals surface area contributed by atoms with Gasteiger partial charge in [0, 0.05) is 38.6 Å². The summed E-state index contributed by atoms with van der Waals surface area (Å²) in [5.74, 6) is 0.759. The maximum Gasteiger partial charge on any atom is 0.225 e. The molecule has 1 heterocycles. The quantitative estimate of drug-likeness (QED) is 0.834. The molecule has 2 fully saturated rings. The van der Waals surface area contributed by atoms with E-state index in [9.17, 15) is 4.79 Å². The zero-order valence-electron chi connectivity index (χ0n) is 13.3. The number of nitrogens with zero attached hydrogens (tertiary/aromatic N) is 2. The van der Waals surface area contributed by atoms with Gasteiger partial charge in [0.1, 0.15) is 0 Å². The van der Waals surface area contributed by atoms with Gasteiger partial charge >= 0.3 is 0 Å². The van der Waals surface area contributed by atoms with Gasteiger partial charge in [0.2, 0.25) is 5.91 Å². The normalized spacial score (nSPS) is 20.3.